The molecule has 2 aliphatic heterocycles. The first-order valence-corrected chi connectivity index (χ1v) is 8.65. The molecule has 25 heavy (non-hydrogen) atoms. The largest absolute Gasteiger partial charge is 0.379 e. The quantitative estimate of drug-likeness (QED) is 0.811. The Balaban J connectivity index is 1.59. The number of carbonyl (C=O) groups excluding carboxylic acids is 1. The second kappa shape index (κ2) is 6.61. The number of aryl methyl sites for hydroxylation is 2. The van der Waals surface area contributed by atoms with E-state index in [-0.39, 0.29) is 11.9 Å². The summed E-state index contributed by atoms with van der Waals surface area (Å²) in [6, 6.07) is 1.78. The molecule has 2 aromatic rings. The summed E-state index contributed by atoms with van der Waals surface area (Å²) in [7, 11) is 2.01. The van der Waals surface area contributed by atoms with E-state index in [1.807, 2.05) is 25.2 Å². The summed E-state index contributed by atoms with van der Waals surface area (Å²) in [4.78, 5) is 21.7. The van der Waals surface area contributed by atoms with Gasteiger partial charge in [-0.1, -0.05) is 5.16 Å². The van der Waals surface area contributed by atoms with Crippen molar-refractivity contribution in [2.75, 3.05) is 32.8 Å². The van der Waals surface area contributed by atoms with E-state index in [0.717, 1.165) is 45.0 Å². The molecule has 1 atom stereocenters. The highest BCUT2D eigenvalue weighted by molar-refractivity contribution is 5.91. The fraction of sp³-hybridized carbons (Fsp3) is 0.588. The molecule has 0 unspecified atom stereocenters. The summed E-state index contributed by atoms with van der Waals surface area (Å²) in [5.74, 6) is 0.180. The van der Waals surface area contributed by atoms with Crippen LogP contribution in [0.3, 0.4) is 0 Å². The summed E-state index contributed by atoms with van der Waals surface area (Å²) in [5.41, 5.74) is 2.88. The van der Waals surface area contributed by atoms with Gasteiger partial charge in [-0.2, -0.15) is 0 Å². The average Bonchev–Trinajstić information content (AvgIpc) is 3.21. The highest BCUT2D eigenvalue weighted by Crippen LogP contribution is 2.25. The summed E-state index contributed by atoms with van der Waals surface area (Å²) in [6.45, 7) is 6.45. The smallest absolute Gasteiger partial charge is 0.293 e. The van der Waals surface area contributed by atoms with Gasteiger partial charge in [0.05, 0.1) is 43.5 Å². The van der Waals surface area contributed by atoms with Crippen LogP contribution in [0.5, 0.6) is 0 Å². The first-order chi connectivity index (χ1) is 12.1. The van der Waals surface area contributed by atoms with E-state index in [0.29, 0.717) is 18.0 Å². The third kappa shape index (κ3) is 3.19. The number of carbonyl (C=O) groups is 1. The molecule has 0 aliphatic carbocycles. The van der Waals surface area contributed by atoms with Crippen LogP contribution in [0, 0.1) is 6.92 Å². The lowest BCUT2D eigenvalue weighted by Gasteiger charge is -2.39. The number of hydrogen-bond donors (Lipinski definition) is 0. The minimum Gasteiger partial charge on any atom is -0.379 e. The van der Waals surface area contributed by atoms with Crippen LogP contribution in [-0.4, -0.2) is 69.3 Å². The van der Waals surface area contributed by atoms with Crippen molar-refractivity contribution in [1.82, 2.24) is 24.5 Å². The van der Waals surface area contributed by atoms with Crippen molar-refractivity contribution in [3.05, 3.63) is 35.2 Å². The normalized spacial score (nSPS) is 21.4. The van der Waals surface area contributed by atoms with E-state index < -0.39 is 0 Å². The van der Waals surface area contributed by atoms with Crippen molar-refractivity contribution in [3.8, 4) is 0 Å². The van der Waals surface area contributed by atoms with Gasteiger partial charge in [-0.15, -0.1) is 0 Å². The molecule has 0 N–H and O–H groups in total. The standard InChI is InChI=1S/C17H23N5O3/c1-12-7-16(25-19-12)17(23)22-10-14-15(20(2)11-18-14)8-13(22)9-21-3-5-24-6-4-21/h7,11,13H,3-6,8-10H2,1-2H3/t13-/m0/s1. The molecule has 4 rings (SSSR count). The average molecular weight is 345 g/mol. The van der Waals surface area contributed by atoms with E-state index in [4.69, 9.17) is 9.26 Å². The number of imidazole rings is 1. The molecule has 1 fully saturated rings. The third-order valence-electron chi connectivity index (χ3n) is 5.01. The molecule has 0 aromatic carbocycles. The van der Waals surface area contributed by atoms with Gasteiger partial charge in [-0.25, -0.2) is 4.98 Å². The number of hydrogen-bond acceptors (Lipinski definition) is 6. The molecular formula is C17H23N5O3. The van der Waals surface area contributed by atoms with E-state index in [1.165, 1.54) is 5.69 Å². The molecule has 2 aromatic heterocycles. The van der Waals surface area contributed by atoms with Gasteiger partial charge in [0.2, 0.25) is 5.76 Å². The Kier molecular flexibility index (Phi) is 4.30. The number of fused-ring (bicyclic) bond motifs is 1. The van der Waals surface area contributed by atoms with Gasteiger partial charge < -0.3 is 18.7 Å². The monoisotopic (exact) mass is 345 g/mol. The third-order valence-corrected chi connectivity index (χ3v) is 5.01. The van der Waals surface area contributed by atoms with Crippen molar-refractivity contribution >= 4 is 5.91 Å². The fourth-order valence-electron chi connectivity index (χ4n) is 3.61. The van der Waals surface area contributed by atoms with Gasteiger partial charge in [0.15, 0.2) is 0 Å². The molecular weight excluding hydrogens is 322 g/mol. The van der Waals surface area contributed by atoms with Crippen LogP contribution >= 0.6 is 0 Å². The summed E-state index contributed by atoms with van der Waals surface area (Å²) < 4.78 is 12.7. The van der Waals surface area contributed by atoms with Gasteiger partial charge in [-0.05, 0) is 6.92 Å². The highest BCUT2D eigenvalue weighted by Gasteiger charge is 2.35. The lowest BCUT2D eigenvalue weighted by Crippen LogP contribution is -2.52. The van der Waals surface area contributed by atoms with E-state index in [2.05, 4.69) is 19.6 Å². The molecule has 1 saturated heterocycles. The first kappa shape index (κ1) is 16.3. The summed E-state index contributed by atoms with van der Waals surface area (Å²) >= 11 is 0. The molecule has 4 heterocycles. The zero-order valence-electron chi connectivity index (χ0n) is 14.6. The second-order valence-corrected chi connectivity index (χ2v) is 6.79. The molecule has 8 heteroatoms. The number of amides is 1. The minimum absolute atomic E-state index is 0.0823. The number of ether oxygens (including phenoxy) is 1. The SMILES string of the molecule is Cc1cc(C(=O)N2Cc3ncn(C)c3C[C@H]2CN2CCOCC2)on1. The predicted octanol–water partition coefficient (Wildman–Crippen LogP) is 0.616. The number of morpholine rings is 1. The van der Waals surface area contributed by atoms with Gasteiger partial charge in [0, 0.05) is 44.9 Å². The maximum atomic E-state index is 13.0. The second-order valence-electron chi connectivity index (χ2n) is 6.79. The van der Waals surface area contributed by atoms with E-state index in [9.17, 15) is 4.79 Å². The Labute approximate surface area is 146 Å². The van der Waals surface area contributed by atoms with Crippen LogP contribution in [-0.2, 0) is 24.8 Å². The first-order valence-electron chi connectivity index (χ1n) is 8.65. The van der Waals surface area contributed by atoms with Gasteiger partial charge >= 0.3 is 0 Å². The summed E-state index contributed by atoms with van der Waals surface area (Å²) in [5, 5.41) is 3.85. The maximum absolute atomic E-state index is 13.0. The Hall–Kier alpha value is -2.19. The Morgan fingerprint density at radius 1 is 1.36 bits per heavy atom. The number of nitrogens with zero attached hydrogens (tertiary/aromatic N) is 5. The van der Waals surface area contributed by atoms with Crippen molar-refractivity contribution in [3.63, 3.8) is 0 Å². The molecule has 1 amide bonds. The predicted molar refractivity (Wildman–Crippen MR) is 89.1 cm³/mol. The zero-order chi connectivity index (χ0) is 17.4. The highest BCUT2D eigenvalue weighted by atomic mass is 16.5. The maximum Gasteiger partial charge on any atom is 0.293 e. The van der Waals surface area contributed by atoms with Crippen molar-refractivity contribution in [1.29, 1.82) is 0 Å². The van der Waals surface area contributed by atoms with Crippen molar-refractivity contribution < 1.29 is 14.1 Å². The van der Waals surface area contributed by atoms with Gasteiger partial charge in [0.1, 0.15) is 0 Å². The van der Waals surface area contributed by atoms with E-state index in [1.54, 1.807) is 6.07 Å². The molecule has 0 spiro atoms. The molecule has 0 saturated carbocycles. The van der Waals surface area contributed by atoms with Crippen LogP contribution in [0.1, 0.15) is 27.6 Å². The number of rotatable bonds is 3. The van der Waals surface area contributed by atoms with Crippen LogP contribution < -0.4 is 0 Å². The molecule has 8 nitrogen and oxygen atoms in total. The Bertz CT molecular complexity index is 762. The van der Waals surface area contributed by atoms with Crippen LogP contribution in [0.15, 0.2) is 16.9 Å². The Morgan fingerprint density at radius 2 is 2.16 bits per heavy atom. The van der Waals surface area contributed by atoms with Gasteiger partial charge in [0.25, 0.3) is 5.91 Å². The molecule has 0 bridgehead atoms. The lowest BCUT2D eigenvalue weighted by atomic mass is 10.0. The van der Waals surface area contributed by atoms with Gasteiger partial charge in [-0.3, -0.25) is 9.69 Å². The molecule has 2 aliphatic rings. The number of aromatic nitrogens is 3. The van der Waals surface area contributed by atoms with Crippen LogP contribution in [0.4, 0.5) is 0 Å². The van der Waals surface area contributed by atoms with Crippen molar-refractivity contribution in [2.45, 2.75) is 25.9 Å². The van der Waals surface area contributed by atoms with E-state index >= 15 is 0 Å². The molecule has 134 valence electrons. The van der Waals surface area contributed by atoms with Crippen molar-refractivity contribution in [2.24, 2.45) is 7.05 Å². The topological polar surface area (TPSA) is 76.6 Å². The van der Waals surface area contributed by atoms with Crippen LogP contribution in [0.2, 0.25) is 0 Å². The van der Waals surface area contributed by atoms with Crippen LogP contribution in [0.25, 0.3) is 0 Å². The minimum atomic E-state index is -0.116. The lowest BCUT2D eigenvalue weighted by molar-refractivity contribution is 0.0178. The summed E-state index contributed by atoms with van der Waals surface area (Å²) in [6.07, 6.45) is 2.62. The Morgan fingerprint density at radius 3 is 2.88 bits per heavy atom. The fourth-order valence-corrected chi connectivity index (χ4v) is 3.61. The molecule has 0 radical (unpaired) electrons. The zero-order valence-corrected chi connectivity index (χ0v) is 14.6.